The van der Waals surface area contributed by atoms with Crippen molar-refractivity contribution in [1.29, 1.82) is 0 Å². The molecule has 4 aromatic carbocycles. The first-order chi connectivity index (χ1) is 26.3. The molecule has 3 aromatic heterocycles. The summed E-state index contributed by atoms with van der Waals surface area (Å²) in [4.78, 5) is 23.0. The minimum absolute atomic E-state index is 0. The van der Waals surface area contributed by atoms with Gasteiger partial charge in [0, 0.05) is 43.8 Å². The second-order valence-electron chi connectivity index (χ2n) is 12.1. The maximum absolute atomic E-state index is 13.0. The molecule has 0 radical (unpaired) electrons. The topological polar surface area (TPSA) is 338 Å². The van der Waals surface area contributed by atoms with E-state index in [1.165, 1.54) is 12.1 Å². The molecule has 0 atom stereocenters. The van der Waals surface area contributed by atoms with Crippen LogP contribution in [0.1, 0.15) is 0 Å². The molecule has 20 nitrogen and oxygen atoms in total. The third-order valence-electron chi connectivity index (χ3n) is 8.82. The molecule has 58 heavy (non-hydrogen) atoms. The molecule has 2 aliphatic rings. The fourth-order valence-electron chi connectivity index (χ4n) is 6.72. The van der Waals surface area contributed by atoms with Crippen LogP contribution in [-0.2, 0) is 74.6 Å². The van der Waals surface area contributed by atoms with E-state index in [4.69, 9.17) is 9.97 Å². The Morgan fingerprint density at radius 1 is 0.362 bits per heavy atom. The van der Waals surface area contributed by atoms with E-state index < -0.39 is 82.1 Å². The number of H-pyrrole nitrogens is 2. The zero-order valence-corrected chi connectivity index (χ0v) is 33.3. The summed E-state index contributed by atoms with van der Waals surface area (Å²) in [6, 6.07) is 19.6. The van der Waals surface area contributed by atoms with Crippen LogP contribution in [0, 0.1) is 0 Å². The Kier molecular flexibility index (Phi) is 9.75. The number of aromatic nitrogens is 8. The van der Waals surface area contributed by atoms with Gasteiger partial charge in [-0.25, -0.2) is 63.6 Å². The van der Waals surface area contributed by atoms with Gasteiger partial charge in [0.25, 0.3) is 0 Å². The summed E-state index contributed by atoms with van der Waals surface area (Å²) in [7, 11) is -26.0. The second-order valence-corrected chi connectivity index (χ2v) is 17.4. The van der Waals surface area contributed by atoms with Gasteiger partial charge in [0.05, 0.1) is 19.6 Å². The molecule has 5 heterocycles. The first-order valence-corrected chi connectivity index (χ1v) is 21.1. The van der Waals surface area contributed by atoms with Gasteiger partial charge in [-0.1, -0.05) is 72.8 Å². The van der Waals surface area contributed by atoms with Crippen molar-refractivity contribution < 1.29 is 86.0 Å². The molecule has 26 heteroatoms. The quantitative estimate of drug-likeness (QED) is 0.189. The Hall–Kier alpha value is -5.08. The Morgan fingerprint density at radius 3 is 0.914 bits per heavy atom. The van der Waals surface area contributed by atoms with E-state index >= 15 is 0 Å². The normalized spacial score (nSPS) is 12.8. The van der Waals surface area contributed by atoms with Gasteiger partial charge >= 0.3 is 34.1 Å². The van der Waals surface area contributed by atoms with Crippen molar-refractivity contribution in [3.8, 4) is 45.6 Å². The predicted octanol–water partition coefficient (Wildman–Crippen LogP) is 2.48. The molecule has 0 fully saturated rings. The first kappa shape index (κ1) is 41.1. The van der Waals surface area contributed by atoms with E-state index in [2.05, 4.69) is 29.9 Å². The van der Waals surface area contributed by atoms with E-state index in [0.717, 1.165) is 0 Å². The Labute approximate surface area is 346 Å². The van der Waals surface area contributed by atoms with Crippen LogP contribution in [0.15, 0.2) is 92.4 Å². The molecule has 0 amide bonds. The fraction of sp³-hybridized carbons (Fsp3) is 0. The molecular weight excluding hydrogens is 928 g/mol. The third kappa shape index (κ3) is 6.48. The van der Waals surface area contributed by atoms with Crippen LogP contribution in [0.25, 0.3) is 89.7 Å². The SMILES string of the molecule is O=S(=O)([O-])c1c(S(=O)(=O)[O-])c(S(=O)(=O)[O-])c2c3nc4nc(nc5[nH]c(nc6nc(nc([nH]3)c2c1S(=O)(=O)[O-])-c1ccccc1-6)c1ccccc51)-c1ccccc1-4.[Fe+2].[Fe+2]. The van der Waals surface area contributed by atoms with Crippen molar-refractivity contribution >= 4 is 84.6 Å². The van der Waals surface area contributed by atoms with Crippen LogP contribution in [0.4, 0.5) is 0 Å². The Bertz CT molecular complexity index is 3390. The molecule has 2 aliphatic heterocycles. The van der Waals surface area contributed by atoms with Gasteiger partial charge in [-0.05, 0) is 0 Å². The number of aromatic amines is 2. The molecule has 0 aliphatic carbocycles. The Balaban J connectivity index is 0.00000256. The van der Waals surface area contributed by atoms with Gasteiger partial charge in [-0.3, -0.25) is 0 Å². The van der Waals surface area contributed by atoms with Crippen molar-refractivity contribution in [1.82, 2.24) is 39.9 Å². The monoisotopic (exact) mass is 942 g/mol. The van der Waals surface area contributed by atoms with Gasteiger partial charge in [-0.2, -0.15) is 0 Å². The van der Waals surface area contributed by atoms with Crippen molar-refractivity contribution in [2.75, 3.05) is 0 Å². The molecule has 9 rings (SSSR count). The van der Waals surface area contributed by atoms with Crippen LogP contribution in [-0.4, -0.2) is 91.8 Å². The van der Waals surface area contributed by atoms with Crippen LogP contribution < -0.4 is 0 Å². The van der Waals surface area contributed by atoms with Crippen LogP contribution in [0.5, 0.6) is 0 Å². The molecule has 0 saturated heterocycles. The predicted molar refractivity (Wildman–Crippen MR) is 188 cm³/mol. The summed E-state index contributed by atoms with van der Waals surface area (Å²) in [6.07, 6.45) is 0. The summed E-state index contributed by atoms with van der Waals surface area (Å²) in [5.41, 5.74) is -0.283. The fourth-order valence-corrected chi connectivity index (χ4v) is 11.6. The van der Waals surface area contributed by atoms with Crippen molar-refractivity contribution in [2.24, 2.45) is 0 Å². The summed E-state index contributed by atoms with van der Waals surface area (Å²) in [6.45, 7) is 0. The maximum Gasteiger partial charge on any atom is 2.00 e. The second kappa shape index (κ2) is 13.8. The van der Waals surface area contributed by atoms with Crippen LogP contribution >= 0.6 is 0 Å². The number of benzene rings is 4. The van der Waals surface area contributed by atoms with E-state index in [1.54, 1.807) is 60.7 Å². The zero-order valence-electron chi connectivity index (χ0n) is 27.9. The standard InChI is InChI=1S/C32H18N8O12S4.2Fe/c41-53(42,43)21-19-20(22(54(44,45)46)24(56(50,51)52)23(21)55(47,48)49)32-39-30-18-12-6-4-10-16(18)28(37-30)35-26-14-8-2-1-7-13(14)25(33-26)34-27-15-9-3-5-11-17(15)29(36-27)38-31(19)40-32;;/h1-12H,(H,41,42,43)(H,44,45,46)(H,47,48,49)(H,50,51,52)(H2,33,34,35,36,37,38,39,40);;/q;2*+2/p-4. The summed E-state index contributed by atoms with van der Waals surface area (Å²) >= 11 is 0. The van der Waals surface area contributed by atoms with E-state index in [-0.39, 0.29) is 79.9 Å². The molecule has 294 valence electrons. The van der Waals surface area contributed by atoms with Gasteiger partial charge in [0.1, 0.15) is 63.1 Å². The van der Waals surface area contributed by atoms with Crippen molar-refractivity contribution in [3.63, 3.8) is 0 Å². The molecule has 0 unspecified atom stereocenters. The van der Waals surface area contributed by atoms with E-state index in [9.17, 15) is 51.9 Å². The molecule has 7 aromatic rings. The summed E-state index contributed by atoms with van der Waals surface area (Å²) in [5.74, 6) is -0.637. The molecule has 0 spiro atoms. The minimum atomic E-state index is -6.60. The number of hydrogen-bond donors (Lipinski definition) is 2. The number of rotatable bonds is 4. The van der Waals surface area contributed by atoms with E-state index in [1.807, 2.05) is 0 Å². The average molecular weight is 942 g/mol. The minimum Gasteiger partial charge on any atom is -0.744 e. The summed E-state index contributed by atoms with van der Waals surface area (Å²) < 4.78 is 154. The molecule has 2 N–H and O–H groups in total. The number of hydrogen-bond acceptors (Lipinski definition) is 18. The Morgan fingerprint density at radius 2 is 0.621 bits per heavy atom. The van der Waals surface area contributed by atoms with Gasteiger partial charge in [0.15, 0.2) is 23.3 Å². The first-order valence-electron chi connectivity index (χ1n) is 15.5. The van der Waals surface area contributed by atoms with Gasteiger partial charge in [0.2, 0.25) is 0 Å². The van der Waals surface area contributed by atoms with Crippen molar-refractivity contribution in [3.05, 3.63) is 72.8 Å². The summed E-state index contributed by atoms with van der Waals surface area (Å²) in [5, 5.41) is -1.56. The number of nitrogens with one attached hydrogen (secondary N) is 2. The number of nitrogens with zero attached hydrogens (tertiary/aromatic N) is 6. The largest absolute Gasteiger partial charge is 2.00 e. The molecule has 8 bridgehead atoms. The van der Waals surface area contributed by atoms with Crippen LogP contribution in [0.3, 0.4) is 0 Å². The zero-order chi connectivity index (χ0) is 39.7. The molecule has 0 saturated carbocycles. The number of fused-ring (bicyclic) bond motifs is 20. The van der Waals surface area contributed by atoms with Crippen molar-refractivity contribution in [2.45, 2.75) is 19.6 Å². The van der Waals surface area contributed by atoms with Crippen LogP contribution in [0.2, 0.25) is 0 Å². The molecular formula is C32H14Fe2N8O12S4. The third-order valence-corrected chi connectivity index (χ3v) is 12.8. The average Bonchev–Trinajstić information content (AvgIpc) is 3.84. The van der Waals surface area contributed by atoms with E-state index in [0.29, 0.717) is 21.9 Å². The maximum atomic E-state index is 13.0. The van der Waals surface area contributed by atoms with Gasteiger partial charge in [-0.15, -0.1) is 0 Å². The smallest absolute Gasteiger partial charge is 0.744 e. The van der Waals surface area contributed by atoms with Gasteiger partial charge < -0.3 is 28.2 Å².